The van der Waals surface area contributed by atoms with Crippen LogP contribution in [0.4, 0.5) is 0 Å². The van der Waals surface area contributed by atoms with Crippen molar-refractivity contribution in [1.82, 2.24) is 20.1 Å². The molecular weight excluding hydrogens is 532 g/mol. The van der Waals surface area contributed by atoms with E-state index in [2.05, 4.69) is 49.3 Å². The monoisotopic (exact) mass is 572 g/mol. The normalized spacial score (nSPS) is 17.7. The molecule has 216 valence electrons. The summed E-state index contributed by atoms with van der Waals surface area (Å²) in [5.41, 5.74) is 7.74. The molecule has 2 aliphatic heterocycles. The fourth-order valence-electron chi connectivity index (χ4n) is 6.20. The van der Waals surface area contributed by atoms with E-state index >= 15 is 0 Å². The van der Waals surface area contributed by atoms with Crippen molar-refractivity contribution in [3.05, 3.63) is 75.9 Å². The maximum Gasteiger partial charge on any atom is 0.255 e. The van der Waals surface area contributed by atoms with Crippen molar-refractivity contribution in [1.29, 1.82) is 0 Å². The van der Waals surface area contributed by atoms with E-state index in [9.17, 15) is 14.4 Å². The van der Waals surface area contributed by atoms with E-state index in [4.69, 9.17) is 0 Å². The van der Waals surface area contributed by atoms with E-state index < -0.39 is 12.1 Å². The zero-order valence-electron chi connectivity index (χ0n) is 24.9. The van der Waals surface area contributed by atoms with Crippen LogP contribution in [0.2, 0.25) is 0 Å². The molecule has 1 N–H and O–H groups in total. The van der Waals surface area contributed by atoms with Gasteiger partial charge in [0.2, 0.25) is 11.8 Å². The van der Waals surface area contributed by atoms with E-state index in [0.29, 0.717) is 31.6 Å². The van der Waals surface area contributed by atoms with Gasteiger partial charge < -0.3 is 15.1 Å². The molecule has 3 amide bonds. The van der Waals surface area contributed by atoms with Gasteiger partial charge in [0.05, 0.1) is 16.1 Å². The first-order chi connectivity index (χ1) is 19.5. The summed E-state index contributed by atoms with van der Waals surface area (Å²) in [5, 5.41) is 3.14. The van der Waals surface area contributed by atoms with Crippen molar-refractivity contribution >= 4 is 29.1 Å². The zero-order chi connectivity index (χ0) is 29.5. The Morgan fingerprint density at radius 3 is 2.56 bits per heavy atom. The molecule has 2 aliphatic rings. The van der Waals surface area contributed by atoms with Gasteiger partial charge in [0, 0.05) is 25.2 Å². The van der Waals surface area contributed by atoms with Crippen LogP contribution in [0.3, 0.4) is 0 Å². The molecule has 0 unspecified atom stereocenters. The lowest BCUT2D eigenvalue weighted by Crippen LogP contribution is -2.55. The van der Waals surface area contributed by atoms with E-state index in [0.717, 1.165) is 33.7 Å². The van der Waals surface area contributed by atoms with Crippen LogP contribution >= 0.6 is 11.3 Å². The van der Waals surface area contributed by atoms with Gasteiger partial charge in [-0.25, -0.2) is 4.98 Å². The maximum atomic E-state index is 14.0. The first kappa shape index (κ1) is 29.0. The summed E-state index contributed by atoms with van der Waals surface area (Å²) in [7, 11) is 0. The van der Waals surface area contributed by atoms with Crippen LogP contribution in [-0.4, -0.2) is 51.1 Å². The van der Waals surface area contributed by atoms with Crippen LogP contribution < -0.4 is 5.32 Å². The van der Waals surface area contributed by atoms with E-state index in [1.165, 1.54) is 5.56 Å². The van der Waals surface area contributed by atoms with E-state index in [1.54, 1.807) is 21.1 Å². The number of fused-ring (bicyclic) bond motifs is 1. The Bertz CT molecular complexity index is 1470. The third kappa shape index (κ3) is 5.67. The summed E-state index contributed by atoms with van der Waals surface area (Å²) < 4.78 is 0. The second-order valence-corrected chi connectivity index (χ2v) is 13.4. The number of carbonyl (C=O) groups excluding carboxylic acids is 3. The zero-order valence-corrected chi connectivity index (χ0v) is 25.7. The largest absolute Gasteiger partial charge is 0.350 e. The second kappa shape index (κ2) is 11.4. The predicted molar refractivity (Wildman–Crippen MR) is 163 cm³/mol. The second-order valence-electron chi connectivity index (χ2n) is 12.6. The lowest BCUT2D eigenvalue weighted by Gasteiger charge is -2.35. The third-order valence-corrected chi connectivity index (χ3v) is 9.26. The molecule has 7 nitrogen and oxygen atoms in total. The van der Waals surface area contributed by atoms with Crippen molar-refractivity contribution in [3.8, 4) is 10.4 Å². The molecule has 8 heteroatoms. The lowest BCUT2D eigenvalue weighted by atomic mass is 9.82. The first-order valence-corrected chi connectivity index (χ1v) is 15.4. The topological polar surface area (TPSA) is 82.6 Å². The molecular formula is C33H40N4O3S. The summed E-state index contributed by atoms with van der Waals surface area (Å²) >= 11 is 1.63. The van der Waals surface area contributed by atoms with Crippen LogP contribution in [0.5, 0.6) is 0 Å². The van der Waals surface area contributed by atoms with Gasteiger partial charge in [-0.2, -0.15) is 0 Å². The highest BCUT2D eigenvalue weighted by molar-refractivity contribution is 7.13. The summed E-state index contributed by atoms with van der Waals surface area (Å²) in [6.45, 7) is 13.8. The van der Waals surface area contributed by atoms with Crippen molar-refractivity contribution in [2.45, 2.75) is 85.0 Å². The minimum Gasteiger partial charge on any atom is -0.350 e. The molecule has 1 aromatic heterocycles. The third-order valence-electron chi connectivity index (χ3n) is 8.29. The number of aryl methyl sites for hydroxylation is 1. The van der Waals surface area contributed by atoms with Crippen molar-refractivity contribution in [3.63, 3.8) is 0 Å². The van der Waals surface area contributed by atoms with Gasteiger partial charge in [-0.3, -0.25) is 14.4 Å². The van der Waals surface area contributed by atoms with Crippen molar-refractivity contribution in [2.75, 3.05) is 6.54 Å². The first-order valence-electron chi connectivity index (χ1n) is 14.5. The predicted octanol–water partition coefficient (Wildman–Crippen LogP) is 5.70. The number of aromatic nitrogens is 1. The molecule has 3 aromatic rings. The molecule has 1 fully saturated rings. The average Bonchev–Trinajstić information content (AvgIpc) is 3.66. The van der Waals surface area contributed by atoms with Crippen molar-refractivity contribution < 1.29 is 14.4 Å². The Morgan fingerprint density at radius 1 is 1.15 bits per heavy atom. The van der Waals surface area contributed by atoms with Gasteiger partial charge in [0.15, 0.2) is 0 Å². The smallest absolute Gasteiger partial charge is 0.255 e. The molecule has 0 spiro atoms. The Kier molecular flexibility index (Phi) is 8.06. The number of hydrogen-bond donors (Lipinski definition) is 1. The molecule has 5 rings (SSSR count). The van der Waals surface area contributed by atoms with E-state index in [1.807, 2.05) is 50.5 Å². The number of amides is 3. The summed E-state index contributed by atoms with van der Waals surface area (Å²) in [6, 6.07) is 12.8. The minimum atomic E-state index is -0.612. The fourth-order valence-corrected chi connectivity index (χ4v) is 7.00. The highest BCUT2D eigenvalue weighted by Gasteiger charge is 2.43. The van der Waals surface area contributed by atoms with Crippen LogP contribution in [0, 0.1) is 12.8 Å². The van der Waals surface area contributed by atoms with Crippen LogP contribution in [-0.2, 0) is 28.1 Å². The number of nitrogens with zero attached hydrogens (tertiary/aromatic N) is 3. The molecule has 0 radical (unpaired) electrons. The van der Waals surface area contributed by atoms with Crippen LogP contribution in [0.15, 0.2) is 48.0 Å². The molecule has 2 aromatic carbocycles. The van der Waals surface area contributed by atoms with Crippen LogP contribution in [0.1, 0.15) is 80.2 Å². The quantitative estimate of drug-likeness (QED) is 0.394. The minimum absolute atomic E-state index is 0.0832. The highest BCUT2D eigenvalue weighted by atomic mass is 32.1. The maximum absolute atomic E-state index is 14.0. The molecule has 0 aliphatic carbocycles. The molecule has 0 bridgehead atoms. The SMILES string of the molecule is Cc1ncsc1-c1ccc(CNC(=O)[C@@H]2CCCN2C(=O)[C@H](C(C)C)N2Cc3ccccc3C2=O)c(C(C)(C)C)c1. The van der Waals surface area contributed by atoms with Gasteiger partial charge in [-0.15, -0.1) is 11.3 Å². The van der Waals surface area contributed by atoms with Crippen molar-refractivity contribution in [2.24, 2.45) is 5.92 Å². The summed E-state index contributed by atoms with van der Waals surface area (Å²) in [6.07, 6.45) is 1.38. The molecule has 1 saturated heterocycles. The number of hydrogen-bond acceptors (Lipinski definition) is 5. The van der Waals surface area contributed by atoms with Gasteiger partial charge in [-0.05, 0) is 65.5 Å². The van der Waals surface area contributed by atoms with E-state index in [-0.39, 0.29) is 29.1 Å². The number of benzene rings is 2. The Balaban J connectivity index is 1.32. The summed E-state index contributed by atoms with van der Waals surface area (Å²) in [5.74, 6) is -0.477. The Hall–Kier alpha value is -3.52. The molecule has 0 saturated carbocycles. The number of nitrogens with one attached hydrogen (secondary N) is 1. The fraction of sp³-hybridized carbons (Fsp3) is 0.455. The standard InChI is InChI=1S/C33H40N4O3S/c1-20(2)28(37-18-24-10-7-8-11-25(24)31(37)39)32(40)36-15-9-12-27(36)30(38)34-17-23-14-13-22(16-26(23)33(4,5)6)29-21(3)35-19-41-29/h7-8,10-11,13-14,16,19-20,27-28H,9,12,15,17-18H2,1-6H3,(H,34,38)/t27-,28-/m0/s1. The van der Waals surface area contributed by atoms with Gasteiger partial charge >= 0.3 is 0 Å². The summed E-state index contributed by atoms with van der Waals surface area (Å²) in [4.78, 5) is 49.7. The number of likely N-dealkylation sites (tertiary alicyclic amines) is 1. The number of thiazole rings is 1. The molecule has 3 heterocycles. The van der Waals surface area contributed by atoms with Gasteiger partial charge in [0.25, 0.3) is 5.91 Å². The van der Waals surface area contributed by atoms with Gasteiger partial charge in [-0.1, -0.05) is 65.0 Å². The number of rotatable bonds is 7. The van der Waals surface area contributed by atoms with Gasteiger partial charge in [0.1, 0.15) is 12.1 Å². The van der Waals surface area contributed by atoms with Crippen LogP contribution in [0.25, 0.3) is 10.4 Å². The lowest BCUT2D eigenvalue weighted by molar-refractivity contribution is -0.143. The highest BCUT2D eigenvalue weighted by Crippen LogP contribution is 2.34. The molecule has 2 atom stereocenters. The average molecular weight is 573 g/mol. The Morgan fingerprint density at radius 2 is 1.90 bits per heavy atom. The molecule has 41 heavy (non-hydrogen) atoms. The Labute approximate surface area is 247 Å². The number of carbonyl (C=O) groups is 3.